The molecule has 2 unspecified atom stereocenters. The molecule has 1 saturated carbocycles. The molecule has 0 heterocycles. The zero-order chi connectivity index (χ0) is 23.1. The number of halogens is 1. The minimum absolute atomic E-state index is 0.0244. The molecular formula is C33H27Cl. The van der Waals surface area contributed by atoms with Crippen molar-refractivity contribution in [3.63, 3.8) is 0 Å². The van der Waals surface area contributed by atoms with E-state index in [9.17, 15) is 0 Å². The normalized spacial score (nSPS) is 22.6. The summed E-state index contributed by atoms with van der Waals surface area (Å²) < 4.78 is 0. The van der Waals surface area contributed by atoms with Crippen LogP contribution >= 0.6 is 11.6 Å². The molecule has 34 heavy (non-hydrogen) atoms. The smallest absolute Gasteiger partial charge is 0.0409 e. The van der Waals surface area contributed by atoms with Crippen LogP contribution < -0.4 is 0 Å². The Kier molecular flexibility index (Phi) is 3.36. The lowest BCUT2D eigenvalue weighted by atomic mass is 9.78. The van der Waals surface area contributed by atoms with Crippen molar-refractivity contribution in [2.75, 3.05) is 0 Å². The maximum atomic E-state index is 6.45. The predicted molar refractivity (Wildman–Crippen MR) is 142 cm³/mol. The van der Waals surface area contributed by atoms with Crippen molar-refractivity contribution in [3.8, 4) is 33.4 Å². The summed E-state index contributed by atoms with van der Waals surface area (Å²) in [6.07, 6.45) is 1.30. The molecule has 0 N–H and O–H groups in total. The Morgan fingerprint density at radius 1 is 0.588 bits per heavy atom. The molecule has 0 bridgehead atoms. The van der Waals surface area contributed by atoms with Crippen molar-refractivity contribution in [2.45, 2.75) is 56.8 Å². The quantitative estimate of drug-likeness (QED) is 0.246. The lowest BCUT2D eigenvalue weighted by Gasteiger charge is -2.25. The van der Waals surface area contributed by atoms with Crippen LogP contribution in [0.2, 0.25) is 5.02 Å². The molecule has 4 aromatic carbocycles. The Morgan fingerprint density at radius 3 is 2.12 bits per heavy atom. The molecular weight excluding hydrogens is 432 g/mol. The minimum atomic E-state index is -0.0637. The highest BCUT2D eigenvalue weighted by Gasteiger charge is 2.49. The van der Waals surface area contributed by atoms with Crippen LogP contribution in [0.4, 0.5) is 0 Å². The Hall–Kier alpha value is -2.83. The molecule has 0 spiro atoms. The van der Waals surface area contributed by atoms with E-state index in [0.29, 0.717) is 11.8 Å². The van der Waals surface area contributed by atoms with Crippen molar-refractivity contribution in [2.24, 2.45) is 0 Å². The average Bonchev–Trinajstić information content (AvgIpc) is 3.56. The van der Waals surface area contributed by atoms with E-state index in [2.05, 4.69) is 88.4 Å². The highest BCUT2D eigenvalue weighted by atomic mass is 35.5. The third-order valence-electron chi connectivity index (χ3n) is 9.45. The van der Waals surface area contributed by atoms with Gasteiger partial charge in [0.05, 0.1) is 0 Å². The van der Waals surface area contributed by atoms with Gasteiger partial charge in [0.2, 0.25) is 0 Å². The molecule has 0 aromatic heterocycles. The summed E-state index contributed by atoms with van der Waals surface area (Å²) in [4.78, 5) is 0. The lowest BCUT2D eigenvalue weighted by Crippen LogP contribution is -2.17. The molecule has 4 aromatic rings. The van der Waals surface area contributed by atoms with E-state index in [1.807, 2.05) is 6.07 Å². The van der Waals surface area contributed by atoms with Gasteiger partial charge in [-0.3, -0.25) is 0 Å². The highest BCUT2D eigenvalue weighted by Crippen LogP contribution is 2.66. The monoisotopic (exact) mass is 458 g/mol. The summed E-state index contributed by atoms with van der Waals surface area (Å²) in [5, 5.41) is 0.822. The van der Waals surface area contributed by atoms with Crippen LogP contribution in [-0.4, -0.2) is 0 Å². The first kappa shape index (κ1) is 19.5. The SMILES string of the molecule is CC1(C)c2cc(Cl)ccc2-c2cc3c(cc21)-c1c(ccc2c1-c1ccccc1C1CC21)C3(C)C. The van der Waals surface area contributed by atoms with Crippen molar-refractivity contribution in [1.82, 2.24) is 0 Å². The van der Waals surface area contributed by atoms with Crippen LogP contribution in [0.1, 0.15) is 79.3 Å². The zero-order valence-corrected chi connectivity index (χ0v) is 20.8. The highest BCUT2D eigenvalue weighted by molar-refractivity contribution is 6.30. The Balaban J connectivity index is 1.46. The van der Waals surface area contributed by atoms with Gasteiger partial charge in [-0.1, -0.05) is 81.8 Å². The van der Waals surface area contributed by atoms with Crippen LogP contribution in [-0.2, 0) is 10.8 Å². The topological polar surface area (TPSA) is 0 Å². The molecule has 0 aliphatic heterocycles. The third-order valence-corrected chi connectivity index (χ3v) is 9.68. The second kappa shape index (κ2) is 5.86. The minimum Gasteiger partial charge on any atom is -0.0843 e. The van der Waals surface area contributed by atoms with E-state index in [-0.39, 0.29) is 10.8 Å². The van der Waals surface area contributed by atoms with Gasteiger partial charge in [0.25, 0.3) is 0 Å². The van der Waals surface area contributed by atoms with Crippen LogP contribution in [0.25, 0.3) is 33.4 Å². The fraction of sp³-hybridized carbons (Fsp3) is 0.273. The van der Waals surface area contributed by atoms with Crippen LogP contribution in [0.3, 0.4) is 0 Å². The Labute approximate surface area is 206 Å². The van der Waals surface area contributed by atoms with E-state index < -0.39 is 0 Å². The van der Waals surface area contributed by atoms with Crippen molar-refractivity contribution in [1.29, 1.82) is 0 Å². The Bertz CT molecular complexity index is 1600. The van der Waals surface area contributed by atoms with Gasteiger partial charge in [0, 0.05) is 15.9 Å². The number of fused-ring (bicyclic) bond motifs is 13. The van der Waals surface area contributed by atoms with Crippen molar-refractivity contribution in [3.05, 3.63) is 105 Å². The summed E-state index contributed by atoms with van der Waals surface area (Å²) in [6.45, 7) is 9.53. The first-order valence-corrected chi connectivity index (χ1v) is 12.9. The second-order valence-electron chi connectivity index (χ2n) is 11.9. The van der Waals surface area contributed by atoms with E-state index >= 15 is 0 Å². The van der Waals surface area contributed by atoms with Crippen molar-refractivity contribution < 1.29 is 0 Å². The largest absolute Gasteiger partial charge is 0.0843 e. The molecule has 8 rings (SSSR count). The average molecular weight is 459 g/mol. The molecule has 0 amide bonds. The van der Waals surface area contributed by atoms with Gasteiger partial charge >= 0.3 is 0 Å². The molecule has 0 nitrogen and oxygen atoms in total. The third kappa shape index (κ3) is 2.13. The fourth-order valence-corrected chi connectivity index (χ4v) is 7.74. The molecule has 4 aliphatic rings. The molecule has 0 radical (unpaired) electrons. The summed E-state index contributed by atoms with van der Waals surface area (Å²) in [6, 6.07) is 25.6. The van der Waals surface area contributed by atoms with Crippen LogP contribution in [0.5, 0.6) is 0 Å². The predicted octanol–water partition coefficient (Wildman–Crippen LogP) is 9.20. The van der Waals surface area contributed by atoms with Crippen molar-refractivity contribution >= 4 is 11.6 Å². The van der Waals surface area contributed by atoms with Crippen LogP contribution in [0.15, 0.2) is 66.7 Å². The maximum absolute atomic E-state index is 6.45. The zero-order valence-electron chi connectivity index (χ0n) is 20.1. The van der Waals surface area contributed by atoms with E-state index in [4.69, 9.17) is 11.6 Å². The molecule has 1 heteroatoms. The van der Waals surface area contributed by atoms with Gasteiger partial charge < -0.3 is 0 Å². The van der Waals surface area contributed by atoms with E-state index in [1.54, 1.807) is 11.1 Å². The first-order valence-electron chi connectivity index (χ1n) is 12.5. The van der Waals surface area contributed by atoms with Gasteiger partial charge in [-0.2, -0.15) is 0 Å². The lowest BCUT2D eigenvalue weighted by molar-refractivity contribution is 0.652. The van der Waals surface area contributed by atoms with E-state index in [0.717, 1.165) is 5.02 Å². The number of hydrogen-bond acceptors (Lipinski definition) is 0. The number of hydrogen-bond donors (Lipinski definition) is 0. The van der Waals surface area contributed by atoms with Gasteiger partial charge in [-0.25, -0.2) is 0 Å². The summed E-state index contributed by atoms with van der Waals surface area (Å²) in [7, 11) is 0. The maximum Gasteiger partial charge on any atom is 0.0409 e. The van der Waals surface area contributed by atoms with Gasteiger partial charge in [0.1, 0.15) is 0 Å². The molecule has 0 saturated heterocycles. The summed E-state index contributed by atoms with van der Waals surface area (Å²) in [5.74, 6) is 1.41. The van der Waals surface area contributed by atoms with Crippen LogP contribution in [0, 0.1) is 0 Å². The number of rotatable bonds is 0. The summed E-state index contributed by atoms with van der Waals surface area (Å²) >= 11 is 6.45. The van der Waals surface area contributed by atoms with E-state index in [1.165, 1.54) is 62.1 Å². The molecule has 2 atom stereocenters. The Morgan fingerprint density at radius 2 is 1.26 bits per heavy atom. The number of benzene rings is 4. The molecule has 4 aliphatic carbocycles. The standard InChI is InChI=1S/C33H27Cl/c1-32(2)26-12-11-21-23-14-22(23)18-7-5-6-8-20(18)30(21)31(26)25-16-28-24(15-29(25)32)19-10-9-17(34)13-27(19)33(28,3)4/h5-13,15-16,22-23H,14H2,1-4H3. The van der Waals surface area contributed by atoms with Gasteiger partial charge in [-0.05, 0) is 109 Å². The second-order valence-corrected chi connectivity index (χ2v) is 12.3. The van der Waals surface area contributed by atoms with Gasteiger partial charge in [-0.15, -0.1) is 0 Å². The fourth-order valence-electron chi connectivity index (χ4n) is 7.57. The molecule has 1 fully saturated rings. The summed E-state index contributed by atoms with van der Waals surface area (Å²) in [5.41, 5.74) is 17.4. The molecule has 166 valence electrons. The van der Waals surface area contributed by atoms with Gasteiger partial charge in [0.15, 0.2) is 0 Å². The first-order chi connectivity index (χ1) is 16.3.